The summed E-state index contributed by atoms with van der Waals surface area (Å²) in [6.07, 6.45) is 4.11. The Morgan fingerprint density at radius 3 is 2.74 bits per heavy atom. The number of nitrogens with zero attached hydrogens (tertiary/aromatic N) is 2. The molecule has 0 fully saturated rings. The fraction of sp³-hybridized carbons (Fsp3) is 0.143. The van der Waals surface area contributed by atoms with Gasteiger partial charge in [0.2, 0.25) is 5.89 Å². The third-order valence-corrected chi connectivity index (χ3v) is 5.28. The Kier molecular flexibility index (Phi) is 7.31. The molecule has 0 unspecified atom stereocenters. The normalized spacial score (nSPS) is 11.3. The first-order valence-corrected chi connectivity index (χ1v) is 11.2. The molecule has 5 nitrogen and oxygen atoms in total. The van der Waals surface area contributed by atoms with E-state index in [2.05, 4.69) is 17.6 Å². The first kappa shape index (κ1) is 23.2. The van der Waals surface area contributed by atoms with E-state index in [4.69, 9.17) is 25.5 Å². The largest absolute Gasteiger partial charge is 0.490 e. The molecule has 0 atom stereocenters. The van der Waals surface area contributed by atoms with Crippen molar-refractivity contribution >= 4 is 34.3 Å². The van der Waals surface area contributed by atoms with Crippen LogP contribution in [-0.2, 0) is 13.0 Å². The van der Waals surface area contributed by atoms with Gasteiger partial charge >= 0.3 is 0 Å². The maximum atomic E-state index is 9.80. The number of allylic oxidation sites excluding steroid dienone is 2. The zero-order valence-corrected chi connectivity index (χ0v) is 19.5. The summed E-state index contributed by atoms with van der Waals surface area (Å²) in [7, 11) is 0. The zero-order chi connectivity index (χ0) is 23.9. The minimum Gasteiger partial charge on any atom is -0.490 e. The Morgan fingerprint density at radius 2 is 2.00 bits per heavy atom. The molecule has 4 rings (SSSR count). The van der Waals surface area contributed by atoms with Gasteiger partial charge in [-0.15, -0.1) is 6.58 Å². The molecule has 4 aromatic rings. The smallest absolute Gasteiger partial charge is 0.238 e. The van der Waals surface area contributed by atoms with Crippen LogP contribution in [0.3, 0.4) is 0 Å². The number of para-hydroxylation sites is 2. The van der Waals surface area contributed by atoms with Crippen LogP contribution < -0.4 is 9.47 Å². The van der Waals surface area contributed by atoms with Crippen molar-refractivity contribution in [3.63, 3.8) is 0 Å². The maximum Gasteiger partial charge on any atom is 0.238 e. The average molecular weight is 471 g/mol. The first-order valence-electron chi connectivity index (χ1n) is 10.9. The molecule has 0 saturated heterocycles. The molecule has 34 heavy (non-hydrogen) atoms. The molecule has 0 saturated carbocycles. The molecule has 1 aromatic heterocycles. The molecule has 0 radical (unpaired) electrons. The topological polar surface area (TPSA) is 68.3 Å². The quantitative estimate of drug-likeness (QED) is 0.190. The number of hydrogen-bond donors (Lipinski definition) is 0. The van der Waals surface area contributed by atoms with Gasteiger partial charge in [-0.2, -0.15) is 5.26 Å². The van der Waals surface area contributed by atoms with Gasteiger partial charge in [0.25, 0.3) is 0 Å². The van der Waals surface area contributed by atoms with Gasteiger partial charge < -0.3 is 13.9 Å². The van der Waals surface area contributed by atoms with E-state index >= 15 is 0 Å². The van der Waals surface area contributed by atoms with Gasteiger partial charge in [-0.1, -0.05) is 41.9 Å². The highest BCUT2D eigenvalue weighted by atomic mass is 35.5. The van der Waals surface area contributed by atoms with Crippen LogP contribution in [0.5, 0.6) is 11.5 Å². The van der Waals surface area contributed by atoms with Crippen molar-refractivity contribution in [2.75, 3.05) is 6.61 Å². The van der Waals surface area contributed by atoms with E-state index in [-0.39, 0.29) is 5.89 Å². The summed E-state index contributed by atoms with van der Waals surface area (Å²) in [5, 5.41) is 10.5. The summed E-state index contributed by atoms with van der Waals surface area (Å²) >= 11 is 6.11. The number of benzene rings is 3. The van der Waals surface area contributed by atoms with Crippen LogP contribution in [0.4, 0.5) is 0 Å². The first-order chi connectivity index (χ1) is 16.6. The van der Waals surface area contributed by atoms with Crippen LogP contribution in [0.25, 0.3) is 22.7 Å². The summed E-state index contributed by atoms with van der Waals surface area (Å²) in [5.41, 5.74) is 4.26. The van der Waals surface area contributed by atoms with E-state index in [0.717, 1.165) is 16.7 Å². The number of nitriles is 1. The van der Waals surface area contributed by atoms with E-state index < -0.39 is 0 Å². The second-order valence-electron chi connectivity index (χ2n) is 7.51. The molecular weight excluding hydrogens is 448 g/mol. The molecule has 0 amide bonds. The van der Waals surface area contributed by atoms with Crippen molar-refractivity contribution in [1.29, 1.82) is 5.26 Å². The summed E-state index contributed by atoms with van der Waals surface area (Å²) in [4.78, 5) is 4.44. The van der Waals surface area contributed by atoms with Crippen molar-refractivity contribution in [1.82, 2.24) is 4.98 Å². The average Bonchev–Trinajstić information content (AvgIpc) is 3.26. The van der Waals surface area contributed by atoms with Crippen LogP contribution in [0.1, 0.15) is 29.5 Å². The molecular formula is C28H23ClN2O3. The van der Waals surface area contributed by atoms with Gasteiger partial charge in [0, 0.05) is 10.6 Å². The molecule has 0 aliphatic heterocycles. The lowest BCUT2D eigenvalue weighted by atomic mass is 10.0. The number of ether oxygens (including phenoxy) is 2. The van der Waals surface area contributed by atoms with Gasteiger partial charge in [0.1, 0.15) is 23.8 Å². The molecule has 0 aliphatic carbocycles. The second kappa shape index (κ2) is 10.7. The monoisotopic (exact) mass is 470 g/mol. The van der Waals surface area contributed by atoms with Crippen LogP contribution >= 0.6 is 11.6 Å². The molecule has 0 bridgehead atoms. The Hall–Kier alpha value is -4.01. The second-order valence-corrected chi connectivity index (χ2v) is 7.94. The number of halogens is 1. The lowest BCUT2D eigenvalue weighted by molar-refractivity contribution is 0.267. The third kappa shape index (κ3) is 5.31. The van der Waals surface area contributed by atoms with Crippen molar-refractivity contribution in [2.24, 2.45) is 0 Å². The van der Waals surface area contributed by atoms with Crippen LogP contribution in [0.2, 0.25) is 5.02 Å². The number of hydrogen-bond acceptors (Lipinski definition) is 5. The summed E-state index contributed by atoms with van der Waals surface area (Å²) in [5.74, 6) is 1.50. The lowest BCUT2D eigenvalue weighted by Crippen LogP contribution is -2.03. The molecule has 170 valence electrons. The number of aromatic nitrogens is 1. The van der Waals surface area contributed by atoms with E-state index in [0.29, 0.717) is 52.8 Å². The number of fused-ring (bicyclic) bond motifs is 1. The number of rotatable bonds is 9. The predicted octanol–water partition coefficient (Wildman–Crippen LogP) is 7.25. The highest BCUT2D eigenvalue weighted by Gasteiger charge is 2.16. The minimum absolute atomic E-state index is 0.271. The minimum atomic E-state index is 0.271. The lowest BCUT2D eigenvalue weighted by Gasteiger charge is -2.17. The van der Waals surface area contributed by atoms with E-state index in [1.807, 2.05) is 67.6 Å². The summed E-state index contributed by atoms with van der Waals surface area (Å²) in [6, 6.07) is 20.9. The molecule has 1 heterocycles. The fourth-order valence-corrected chi connectivity index (χ4v) is 3.79. The molecule has 3 aromatic carbocycles. The highest BCUT2D eigenvalue weighted by molar-refractivity contribution is 6.30. The van der Waals surface area contributed by atoms with Crippen LogP contribution in [0, 0.1) is 11.3 Å². The summed E-state index contributed by atoms with van der Waals surface area (Å²) < 4.78 is 17.9. The predicted molar refractivity (Wildman–Crippen MR) is 135 cm³/mol. The van der Waals surface area contributed by atoms with Crippen LogP contribution in [0.15, 0.2) is 77.7 Å². The van der Waals surface area contributed by atoms with Crippen LogP contribution in [-0.4, -0.2) is 11.6 Å². The Balaban J connectivity index is 1.72. The maximum absolute atomic E-state index is 9.80. The number of oxazole rings is 1. The Labute approximate surface area is 203 Å². The standard InChI is InChI=1S/C28H23ClN2O3/c1-3-8-21-13-20(14-22(17-30)28-31-24-11-5-6-12-25(24)34-28)16-26(32-4-2)27(21)33-18-19-9-7-10-23(29)15-19/h3,5-7,9-16H,1,4,8,18H2,2H3/b22-14+. The molecule has 0 aliphatic rings. The summed E-state index contributed by atoms with van der Waals surface area (Å²) in [6.45, 7) is 6.59. The van der Waals surface area contributed by atoms with Crippen molar-refractivity contribution in [3.05, 3.63) is 101 Å². The van der Waals surface area contributed by atoms with Crippen molar-refractivity contribution < 1.29 is 13.9 Å². The molecule has 6 heteroatoms. The highest BCUT2D eigenvalue weighted by Crippen LogP contribution is 2.36. The van der Waals surface area contributed by atoms with Gasteiger partial charge in [-0.05, 0) is 66.9 Å². The van der Waals surface area contributed by atoms with E-state index in [1.54, 1.807) is 12.2 Å². The SMILES string of the molecule is C=CCc1cc(/C=C(\C#N)c2nc3ccccc3o2)cc(OCC)c1OCc1cccc(Cl)c1. The Morgan fingerprint density at radius 1 is 1.15 bits per heavy atom. The van der Waals surface area contributed by atoms with Crippen molar-refractivity contribution in [2.45, 2.75) is 20.0 Å². The zero-order valence-electron chi connectivity index (χ0n) is 18.8. The van der Waals surface area contributed by atoms with Gasteiger partial charge in [0.15, 0.2) is 17.1 Å². The third-order valence-electron chi connectivity index (χ3n) is 5.05. The van der Waals surface area contributed by atoms with Gasteiger partial charge in [-0.25, -0.2) is 4.98 Å². The van der Waals surface area contributed by atoms with E-state index in [9.17, 15) is 5.26 Å². The van der Waals surface area contributed by atoms with Gasteiger partial charge in [-0.3, -0.25) is 0 Å². The van der Waals surface area contributed by atoms with Gasteiger partial charge in [0.05, 0.1) is 6.61 Å². The van der Waals surface area contributed by atoms with E-state index in [1.165, 1.54) is 0 Å². The molecule has 0 N–H and O–H groups in total. The Bertz CT molecular complexity index is 1370. The van der Waals surface area contributed by atoms with Crippen molar-refractivity contribution in [3.8, 4) is 17.6 Å². The molecule has 0 spiro atoms. The fourth-order valence-electron chi connectivity index (χ4n) is 3.58.